The van der Waals surface area contributed by atoms with Crippen LogP contribution in [0.4, 0.5) is 5.69 Å². The highest BCUT2D eigenvalue weighted by molar-refractivity contribution is 7.09. The number of ether oxygens (including phenoxy) is 1. The second-order valence-electron chi connectivity index (χ2n) is 6.64. The van der Waals surface area contributed by atoms with Crippen LogP contribution in [-0.2, 0) is 11.3 Å². The van der Waals surface area contributed by atoms with Crippen LogP contribution in [0.3, 0.4) is 0 Å². The van der Waals surface area contributed by atoms with Crippen LogP contribution in [0, 0.1) is 5.92 Å². The Morgan fingerprint density at radius 1 is 1.33 bits per heavy atom. The van der Waals surface area contributed by atoms with Crippen LogP contribution in [-0.4, -0.2) is 36.1 Å². The molecule has 140 valence electrons. The predicted octanol–water partition coefficient (Wildman–Crippen LogP) is 3.23. The maximum atomic E-state index is 12.6. The van der Waals surface area contributed by atoms with Crippen LogP contribution in [0.2, 0.25) is 0 Å². The Kier molecular flexibility index (Phi) is 5.20. The van der Waals surface area contributed by atoms with Gasteiger partial charge in [-0.05, 0) is 37.1 Å². The quantitative estimate of drug-likeness (QED) is 0.734. The zero-order valence-electron chi connectivity index (χ0n) is 15.2. The number of benzene rings is 1. The van der Waals surface area contributed by atoms with Crippen molar-refractivity contribution < 1.29 is 9.53 Å². The van der Waals surface area contributed by atoms with Crippen LogP contribution in [0.5, 0.6) is 5.75 Å². The van der Waals surface area contributed by atoms with Gasteiger partial charge in [-0.1, -0.05) is 0 Å². The lowest BCUT2D eigenvalue weighted by atomic mass is 9.96. The molecule has 1 amide bonds. The van der Waals surface area contributed by atoms with Gasteiger partial charge in [0.25, 0.3) is 0 Å². The van der Waals surface area contributed by atoms with E-state index in [0.29, 0.717) is 13.1 Å². The molecule has 2 aromatic heterocycles. The molecule has 1 fully saturated rings. The number of fused-ring (bicyclic) bond motifs is 1. The second kappa shape index (κ2) is 7.92. The van der Waals surface area contributed by atoms with E-state index in [9.17, 15) is 4.79 Å². The van der Waals surface area contributed by atoms with Gasteiger partial charge < -0.3 is 15.0 Å². The third kappa shape index (κ3) is 3.88. The van der Waals surface area contributed by atoms with E-state index < -0.39 is 0 Å². The first-order valence-corrected chi connectivity index (χ1v) is 9.96. The van der Waals surface area contributed by atoms with Gasteiger partial charge in [0.15, 0.2) is 0 Å². The number of nitrogens with zero attached hydrogens (tertiary/aromatic N) is 3. The first-order chi connectivity index (χ1) is 13.2. The lowest BCUT2D eigenvalue weighted by Crippen LogP contribution is -2.43. The molecule has 1 aliphatic rings. The fourth-order valence-corrected chi connectivity index (χ4v) is 4.13. The molecule has 0 bridgehead atoms. The predicted molar refractivity (Wildman–Crippen MR) is 107 cm³/mol. The van der Waals surface area contributed by atoms with Gasteiger partial charge in [-0.3, -0.25) is 9.78 Å². The van der Waals surface area contributed by atoms with E-state index in [1.807, 2.05) is 35.8 Å². The van der Waals surface area contributed by atoms with Crippen molar-refractivity contribution >= 4 is 33.8 Å². The molecule has 0 aliphatic carbocycles. The number of pyridine rings is 1. The molecule has 27 heavy (non-hydrogen) atoms. The highest BCUT2D eigenvalue weighted by Gasteiger charge is 2.26. The lowest BCUT2D eigenvalue weighted by molar-refractivity contribution is -0.125. The van der Waals surface area contributed by atoms with Crippen molar-refractivity contribution in [2.45, 2.75) is 19.4 Å². The van der Waals surface area contributed by atoms with Crippen LogP contribution in [0.25, 0.3) is 10.9 Å². The number of rotatable bonds is 5. The number of amides is 1. The van der Waals surface area contributed by atoms with Crippen molar-refractivity contribution in [2.75, 3.05) is 25.1 Å². The molecule has 0 radical (unpaired) electrons. The summed E-state index contributed by atoms with van der Waals surface area (Å²) in [5, 5.41) is 6.95. The van der Waals surface area contributed by atoms with Gasteiger partial charge in [0, 0.05) is 41.9 Å². The first-order valence-electron chi connectivity index (χ1n) is 9.08. The summed E-state index contributed by atoms with van der Waals surface area (Å²) in [4.78, 5) is 23.6. The largest absolute Gasteiger partial charge is 0.497 e. The summed E-state index contributed by atoms with van der Waals surface area (Å²) in [6.07, 6.45) is 5.49. The molecule has 1 atom stereocenters. The Morgan fingerprint density at radius 3 is 3.07 bits per heavy atom. The fourth-order valence-electron chi connectivity index (χ4n) is 3.57. The number of carbonyl (C=O) groups excluding carboxylic acids is 1. The molecular formula is C20H22N4O2S. The van der Waals surface area contributed by atoms with E-state index in [-0.39, 0.29) is 11.8 Å². The van der Waals surface area contributed by atoms with E-state index in [4.69, 9.17) is 4.74 Å². The van der Waals surface area contributed by atoms with Crippen molar-refractivity contribution in [3.05, 3.63) is 47.0 Å². The number of aromatic nitrogens is 2. The van der Waals surface area contributed by atoms with Crippen LogP contribution >= 0.6 is 11.3 Å². The summed E-state index contributed by atoms with van der Waals surface area (Å²) >= 11 is 1.56. The summed E-state index contributed by atoms with van der Waals surface area (Å²) < 4.78 is 5.38. The minimum Gasteiger partial charge on any atom is -0.497 e. The van der Waals surface area contributed by atoms with Crippen LogP contribution < -0.4 is 15.0 Å². The standard InChI is InChI=1S/C20H22N4O2S/c1-26-15-4-5-17-16(11-15)18(6-7-21-17)24-9-2-3-14(13-24)20(25)23-12-19-22-8-10-27-19/h4-8,10-11,14H,2-3,9,12-13H2,1H3,(H,23,25). The first kappa shape index (κ1) is 17.7. The monoisotopic (exact) mass is 382 g/mol. The minimum absolute atomic E-state index is 0.0208. The number of nitrogens with one attached hydrogen (secondary N) is 1. The Morgan fingerprint density at radius 2 is 2.26 bits per heavy atom. The molecule has 4 rings (SSSR count). The molecule has 7 heteroatoms. The summed E-state index contributed by atoms with van der Waals surface area (Å²) in [5.41, 5.74) is 2.04. The average molecular weight is 382 g/mol. The Labute approximate surface area is 162 Å². The Balaban J connectivity index is 1.51. The minimum atomic E-state index is -0.0208. The highest BCUT2D eigenvalue weighted by atomic mass is 32.1. The highest BCUT2D eigenvalue weighted by Crippen LogP contribution is 2.31. The van der Waals surface area contributed by atoms with Crippen LogP contribution in [0.15, 0.2) is 42.0 Å². The molecule has 0 spiro atoms. The SMILES string of the molecule is COc1ccc2nccc(N3CCCC(C(=O)NCc4nccs4)C3)c2c1. The van der Waals surface area contributed by atoms with Gasteiger partial charge in [0.1, 0.15) is 10.8 Å². The van der Waals surface area contributed by atoms with Crippen molar-refractivity contribution in [1.29, 1.82) is 0 Å². The van der Waals surface area contributed by atoms with Gasteiger partial charge in [0.05, 0.1) is 25.1 Å². The maximum Gasteiger partial charge on any atom is 0.225 e. The van der Waals surface area contributed by atoms with Gasteiger partial charge in [-0.15, -0.1) is 11.3 Å². The number of hydrogen-bond acceptors (Lipinski definition) is 6. The maximum absolute atomic E-state index is 12.6. The third-order valence-corrected chi connectivity index (χ3v) is 5.74. The van der Waals surface area contributed by atoms with Gasteiger partial charge in [-0.2, -0.15) is 0 Å². The van der Waals surface area contributed by atoms with Crippen molar-refractivity contribution in [1.82, 2.24) is 15.3 Å². The van der Waals surface area contributed by atoms with E-state index in [2.05, 4.69) is 20.2 Å². The van der Waals surface area contributed by atoms with E-state index in [1.165, 1.54) is 0 Å². The molecule has 6 nitrogen and oxygen atoms in total. The molecule has 1 saturated heterocycles. The summed E-state index contributed by atoms with van der Waals surface area (Å²) in [6, 6.07) is 7.94. The fraction of sp³-hybridized carbons (Fsp3) is 0.350. The molecular weight excluding hydrogens is 360 g/mol. The zero-order chi connectivity index (χ0) is 18.6. The van der Waals surface area contributed by atoms with E-state index in [1.54, 1.807) is 24.6 Å². The Bertz CT molecular complexity index is 929. The lowest BCUT2D eigenvalue weighted by Gasteiger charge is -2.34. The summed E-state index contributed by atoms with van der Waals surface area (Å²) in [7, 11) is 1.67. The third-order valence-electron chi connectivity index (χ3n) is 4.96. The topological polar surface area (TPSA) is 67.3 Å². The number of anilines is 1. The van der Waals surface area contributed by atoms with Gasteiger partial charge in [-0.25, -0.2) is 4.98 Å². The average Bonchev–Trinajstić information content (AvgIpc) is 3.25. The number of carbonyl (C=O) groups is 1. The molecule has 1 aromatic carbocycles. The van der Waals surface area contributed by atoms with Crippen molar-refractivity contribution in [2.24, 2.45) is 5.92 Å². The van der Waals surface area contributed by atoms with Crippen molar-refractivity contribution in [3.8, 4) is 5.75 Å². The second-order valence-corrected chi connectivity index (χ2v) is 7.62. The number of hydrogen-bond donors (Lipinski definition) is 1. The summed E-state index contributed by atoms with van der Waals surface area (Å²) in [5.74, 6) is 0.893. The van der Waals surface area contributed by atoms with Gasteiger partial charge in [0.2, 0.25) is 5.91 Å². The molecule has 0 saturated carbocycles. The smallest absolute Gasteiger partial charge is 0.225 e. The normalized spacial score (nSPS) is 17.1. The molecule has 1 aliphatic heterocycles. The number of methoxy groups -OCH3 is 1. The van der Waals surface area contributed by atoms with E-state index in [0.717, 1.165) is 46.7 Å². The molecule has 1 unspecified atom stereocenters. The molecule has 3 aromatic rings. The van der Waals surface area contributed by atoms with Crippen molar-refractivity contribution in [3.63, 3.8) is 0 Å². The molecule has 1 N–H and O–H groups in total. The summed E-state index contributed by atoms with van der Waals surface area (Å²) in [6.45, 7) is 2.15. The molecule has 3 heterocycles. The number of piperidine rings is 1. The van der Waals surface area contributed by atoms with Crippen LogP contribution in [0.1, 0.15) is 17.8 Å². The van der Waals surface area contributed by atoms with E-state index >= 15 is 0 Å². The Hall–Kier alpha value is -2.67. The number of thiazole rings is 1. The van der Waals surface area contributed by atoms with Gasteiger partial charge >= 0.3 is 0 Å². The zero-order valence-corrected chi connectivity index (χ0v) is 16.0.